The molecule has 3 aliphatic rings. The van der Waals surface area contributed by atoms with Gasteiger partial charge in [0.1, 0.15) is 0 Å². The van der Waals surface area contributed by atoms with Crippen LogP contribution in [0.3, 0.4) is 0 Å². The Balaban J connectivity index is 1.38. The van der Waals surface area contributed by atoms with Gasteiger partial charge in [-0.3, -0.25) is 9.89 Å². The minimum atomic E-state index is -0.0473. The van der Waals surface area contributed by atoms with E-state index in [2.05, 4.69) is 19.7 Å². The Morgan fingerprint density at radius 2 is 2.19 bits per heavy atom. The van der Waals surface area contributed by atoms with Crippen LogP contribution in [0, 0.1) is 0 Å². The minimum Gasteiger partial charge on any atom is -0.369 e. The molecule has 4 heterocycles. The third-order valence-corrected chi connectivity index (χ3v) is 6.13. The van der Waals surface area contributed by atoms with E-state index >= 15 is 0 Å². The maximum Gasteiger partial charge on any atom is 0.275 e. The number of nitrogens with one attached hydrogen (secondary N) is 1. The van der Waals surface area contributed by atoms with E-state index < -0.39 is 0 Å². The lowest BCUT2D eigenvalue weighted by molar-refractivity contribution is -0.00702. The number of aromatic amines is 1. The summed E-state index contributed by atoms with van der Waals surface area (Å²) in [4.78, 5) is 19.6. The third kappa shape index (κ3) is 2.40. The van der Waals surface area contributed by atoms with Crippen molar-refractivity contribution in [3.63, 3.8) is 0 Å². The average Bonchev–Trinajstić information content (AvgIpc) is 3.17. The quantitative estimate of drug-likeness (QED) is 0.898. The lowest BCUT2D eigenvalue weighted by atomic mass is 9.92. The molecule has 0 spiro atoms. The highest BCUT2D eigenvalue weighted by Crippen LogP contribution is 2.35. The predicted molar refractivity (Wildman–Crippen MR) is 94.8 cm³/mol. The number of imidazole rings is 1. The predicted octanol–water partition coefficient (Wildman–Crippen LogP) is 2.55. The summed E-state index contributed by atoms with van der Waals surface area (Å²) in [5.74, 6) is 0.00708. The van der Waals surface area contributed by atoms with Crippen LogP contribution < -0.4 is 0 Å². The molecule has 0 radical (unpaired) electrons. The first-order valence-electron chi connectivity index (χ1n) is 9.68. The van der Waals surface area contributed by atoms with E-state index in [-0.39, 0.29) is 18.1 Å². The molecule has 26 heavy (non-hydrogen) atoms. The highest BCUT2D eigenvalue weighted by atomic mass is 16.5. The van der Waals surface area contributed by atoms with E-state index in [1.54, 1.807) is 0 Å². The van der Waals surface area contributed by atoms with E-state index in [9.17, 15) is 4.79 Å². The number of H-pyrrole nitrogens is 1. The molecule has 0 aromatic carbocycles. The normalized spacial score (nSPS) is 25.5. The zero-order valence-electron chi connectivity index (χ0n) is 15.4. The van der Waals surface area contributed by atoms with E-state index in [0.717, 1.165) is 36.3 Å². The molecule has 7 nitrogen and oxygen atoms in total. The first-order chi connectivity index (χ1) is 12.6. The van der Waals surface area contributed by atoms with Crippen molar-refractivity contribution < 1.29 is 9.53 Å². The first kappa shape index (κ1) is 16.1. The van der Waals surface area contributed by atoms with Crippen LogP contribution in [0.15, 0.2) is 6.33 Å². The van der Waals surface area contributed by atoms with Gasteiger partial charge < -0.3 is 14.2 Å². The molecular formula is C19H25N5O2. The fourth-order valence-corrected chi connectivity index (χ4v) is 4.48. The van der Waals surface area contributed by atoms with E-state index in [0.29, 0.717) is 18.3 Å². The summed E-state index contributed by atoms with van der Waals surface area (Å²) in [5, 5.41) is 7.38. The van der Waals surface area contributed by atoms with Crippen molar-refractivity contribution in [2.75, 3.05) is 6.54 Å². The van der Waals surface area contributed by atoms with Crippen molar-refractivity contribution in [3.05, 3.63) is 34.7 Å². The number of hydrogen-bond donors (Lipinski definition) is 1. The zero-order chi connectivity index (χ0) is 17.8. The second-order valence-corrected chi connectivity index (χ2v) is 7.86. The van der Waals surface area contributed by atoms with Crippen LogP contribution in [0.5, 0.6) is 0 Å². The highest BCUT2D eigenvalue weighted by molar-refractivity contribution is 5.94. The van der Waals surface area contributed by atoms with Gasteiger partial charge in [0.05, 0.1) is 36.5 Å². The molecule has 138 valence electrons. The van der Waals surface area contributed by atoms with Crippen LogP contribution in [0.1, 0.15) is 78.4 Å². The summed E-state index contributed by atoms with van der Waals surface area (Å²) < 4.78 is 8.17. The SMILES string of the molecule is C[C@@H]1Cc2c(C(=O)N3CCc4c(ncn4C4CCC4)C3)n[nH]c2[C@H](C)O1. The van der Waals surface area contributed by atoms with Crippen LogP contribution in [0.2, 0.25) is 0 Å². The van der Waals surface area contributed by atoms with E-state index in [1.165, 1.54) is 25.0 Å². The molecule has 2 aliphatic heterocycles. The van der Waals surface area contributed by atoms with Crippen LogP contribution in [0.25, 0.3) is 0 Å². The number of nitrogens with zero attached hydrogens (tertiary/aromatic N) is 4. The molecule has 1 aliphatic carbocycles. The molecule has 1 saturated carbocycles. The Kier molecular flexibility index (Phi) is 3.67. The van der Waals surface area contributed by atoms with Gasteiger partial charge >= 0.3 is 0 Å². The molecule has 1 amide bonds. The molecule has 0 unspecified atom stereocenters. The van der Waals surface area contributed by atoms with Crippen molar-refractivity contribution in [2.24, 2.45) is 0 Å². The lowest BCUT2D eigenvalue weighted by Gasteiger charge is -2.32. The second kappa shape index (κ2) is 5.94. The number of carbonyl (C=O) groups is 1. The Morgan fingerprint density at radius 3 is 2.96 bits per heavy atom. The standard InChI is InChI=1S/C19H25N5O2/c1-11-8-14-17(12(2)26-11)21-22-18(14)19(25)23-7-6-16-15(9-23)20-10-24(16)13-4-3-5-13/h10-13H,3-9H2,1-2H3,(H,21,22)/t11-,12+/m1/s1. The highest BCUT2D eigenvalue weighted by Gasteiger charge is 2.34. The van der Waals surface area contributed by atoms with Crippen molar-refractivity contribution in [1.82, 2.24) is 24.6 Å². The van der Waals surface area contributed by atoms with E-state index in [4.69, 9.17) is 4.74 Å². The van der Waals surface area contributed by atoms with Gasteiger partial charge in [-0.05, 0) is 33.1 Å². The summed E-state index contributed by atoms with van der Waals surface area (Å²) in [6.07, 6.45) is 7.45. The van der Waals surface area contributed by atoms with Gasteiger partial charge in [-0.1, -0.05) is 0 Å². The number of hydrogen-bond acceptors (Lipinski definition) is 4. The summed E-state index contributed by atoms with van der Waals surface area (Å²) >= 11 is 0. The molecule has 1 N–H and O–H groups in total. The van der Waals surface area contributed by atoms with Gasteiger partial charge in [0, 0.05) is 36.7 Å². The smallest absolute Gasteiger partial charge is 0.275 e. The fraction of sp³-hybridized carbons (Fsp3) is 0.632. The summed E-state index contributed by atoms with van der Waals surface area (Å²) in [6, 6.07) is 0.620. The van der Waals surface area contributed by atoms with Crippen LogP contribution in [-0.4, -0.2) is 43.2 Å². The number of fused-ring (bicyclic) bond motifs is 2. The number of rotatable bonds is 2. The van der Waals surface area contributed by atoms with Gasteiger partial charge in [0.2, 0.25) is 0 Å². The second-order valence-electron chi connectivity index (χ2n) is 7.86. The maximum absolute atomic E-state index is 13.1. The zero-order valence-corrected chi connectivity index (χ0v) is 15.4. The summed E-state index contributed by atoms with van der Waals surface area (Å²) in [7, 11) is 0. The van der Waals surface area contributed by atoms with Crippen LogP contribution in [0.4, 0.5) is 0 Å². The van der Waals surface area contributed by atoms with Gasteiger partial charge in [0.25, 0.3) is 5.91 Å². The molecule has 0 saturated heterocycles. The maximum atomic E-state index is 13.1. The van der Waals surface area contributed by atoms with Crippen molar-refractivity contribution >= 4 is 5.91 Å². The molecular weight excluding hydrogens is 330 g/mol. The lowest BCUT2D eigenvalue weighted by Crippen LogP contribution is -2.38. The molecule has 7 heteroatoms. The van der Waals surface area contributed by atoms with Gasteiger partial charge in [-0.25, -0.2) is 4.98 Å². The monoisotopic (exact) mass is 355 g/mol. The van der Waals surface area contributed by atoms with Crippen molar-refractivity contribution in [3.8, 4) is 0 Å². The Hall–Kier alpha value is -2.15. The minimum absolute atomic E-state index is 0.00708. The fourth-order valence-electron chi connectivity index (χ4n) is 4.48. The van der Waals surface area contributed by atoms with Gasteiger partial charge in [-0.2, -0.15) is 5.10 Å². The largest absolute Gasteiger partial charge is 0.369 e. The third-order valence-electron chi connectivity index (χ3n) is 6.13. The topological polar surface area (TPSA) is 76.0 Å². The number of carbonyl (C=O) groups excluding carboxylic acids is 1. The van der Waals surface area contributed by atoms with E-state index in [1.807, 2.05) is 25.1 Å². The molecule has 2 aromatic rings. The molecule has 1 fully saturated rings. The first-order valence-corrected chi connectivity index (χ1v) is 9.68. The molecule has 2 atom stereocenters. The summed E-state index contributed by atoms with van der Waals surface area (Å²) in [5.41, 5.74) is 4.89. The van der Waals surface area contributed by atoms with Gasteiger partial charge in [-0.15, -0.1) is 0 Å². The molecule has 2 aromatic heterocycles. The Bertz CT molecular complexity index is 850. The van der Waals surface area contributed by atoms with Gasteiger partial charge in [0.15, 0.2) is 5.69 Å². The number of amides is 1. The number of aromatic nitrogens is 4. The van der Waals surface area contributed by atoms with Crippen molar-refractivity contribution in [2.45, 2.75) is 70.7 Å². The number of ether oxygens (including phenoxy) is 1. The Morgan fingerprint density at radius 1 is 1.35 bits per heavy atom. The van der Waals surface area contributed by atoms with Crippen LogP contribution in [-0.2, 0) is 24.1 Å². The average molecular weight is 355 g/mol. The summed E-state index contributed by atoms with van der Waals surface area (Å²) in [6.45, 7) is 5.35. The van der Waals surface area contributed by atoms with Crippen molar-refractivity contribution in [1.29, 1.82) is 0 Å². The van der Waals surface area contributed by atoms with Crippen LogP contribution >= 0.6 is 0 Å². The molecule has 5 rings (SSSR count). The molecule has 0 bridgehead atoms. The Labute approximate surface area is 152 Å².